The molecule has 1 heterocycles. The Bertz CT molecular complexity index is 1080. The molecule has 0 fully saturated rings. The smallest absolute Gasteiger partial charge is 0.383 e. The van der Waals surface area contributed by atoms with E-state index in [1.54, 1.807) is 6.07 Å². The normalized spacial score (nSPS) is 12.3. The van der Waals surface area contributed by atoms with Crippen LogP contribution in [0.5, 0.6) is 17.2 Å². The maximum atomic E-state index is 12.9. The van der Waals surface area contributed by atoms with Gasteiger partial charge in [0.05, 0.1) is 12.0 Å². The maximum Gasteiger partial charge on any atom is 0.383 e. The van der Waals surface area contributed by atoms with Crippen molar-refractivity contribution in [2.45, 2.75) is 79.8 Å². The Morgan fingerprint density at radius 2 is 1.76 bits per heavy atom. The molecular formula is C29H40O5. The van der Waals surface area contributed by atoms with Gasteiger partial charge in [-0.05, 0) is 85.4 Å². The Labute approximate surface area is 204 Å². The largest absolute Gasteiger partial charge is 0.488 e. The van der Waals surface area contributed by atoms with Crippen molar-refractivity contribution in [3.63, 3.8) is 0 Å². The zero-order chi connectivity index (χ0) is 25.1. The van der Waals surface area contributed by atoms with Crippen molar-refractivity contribution in [3.8, 4) is 17.2 Å². The lowest BCUT2D eigenvalue weighted by atomic mass is 10.1. The molecule has 0 bridgehead atoms. The molecule has 1 aromatic heterocycles. The van der Waals surface area contributed by atoms with Gasteiger partial charge in [0.1, 0.15) is 23.5 Å². The first-order valence-corrected chi connectivity index (χ1v) is 12.1. The summed E-state index contributed by atoms with van der Waals surface area (Å²) in [5, 5.41) is 0.680. The van der Waals surface area contributed by atoms with E-state index in [0.717, 1.165) is 25.7 Å². The van der Waals surface area contributed by atoms with Gasteiger partial charge in [0.2, 0.25) is 5.75 Å². The predicted molar refractivity (Wildman–Crippen MR) is 140 cm³/mol. The molecule has 2 rings (SSSR count). The second kappa shape index (κ2) is 13.1. The first-order valence-electron chi connectivity index (χ1n) is 12.1. The fourth-order valence-electron chi connectivity index (χ4n) is 3.29. The number of hydrogen-bond acceptors (Lipinski definition) is 5. The van der Waals surface area contributed by atoms with Crippen molar-refractivity contribution >= 4 is 11.0 Å². The third-order valence-corrected chi connectivity index (χ3v) is 4.90. The number of ether oxygens (including phenoxy) is 3. The minimum atomic E-state index is -0.560. The van der Waals surface area contributed by atoms with Gasteiger partial charge in [-0.25, -0.2) is 4.79 Å². The molecule has 0 aliphatic carbocycles. The topological polar surface area (TPSA) is 57.9 Å². The van der Waals surface area contributed by atoms with E-state index in [0.29, 0.717) is 29.1 Å². The van der Waals surface area contributed by atoms with Crippen LogP contribution in [-0.2, 0) is 0 Å². The lowest BCUT2D eigenvalue weighted by Gasteiger charge is -2.21. The zero-order valence-electron chi connectivity index (χ0n) is 21.8. The van der Waals surface area contributed by atoms with Gasteiger partial charge in [-0.15, -0.1) is 0 Å². The van der Waals surface area contributed by atoms with Gasteiger partial charge in [-0.1, -0.05) is 36.3 Å². The maximum absolute atomic E-state index is 12.9. The molecule has 0 aliphatic heterocycles. The minimum Gasteiger partial charge on any atom is -0.488 e. The fourth-order valence-corrected chi connectivity index (χ4v) is 3.29. The van der Waals surface area contributed by atoms with Crippen LogP contribution in [-0.4, -0.2) is 18.8 Å². The zero-order valence-corrected chi connectivity index (χ0v) is 21.8. The first-order chi connectivity index (χ1) is 16.1. The minimum absolute atomic E-state index is 0.102. The summed E-state index contributed by atoms with van der Waals surface area (Å²) in [5.74, 6) is 1.14. The van der Waals surface area contributed by atoms with Gasteiger partial charge in [0.15, 0.2) is 5.75 Å². The number of allylic oxidation sites excluding steroid dienone is 4. The third kappa shape index (κ3) is 9.12. The molecular weight excluding hydrogens is 428 g/mol. The number of fused-ring (bicyclic) bond motifs is 1. The van der Waals surface area contributed by atoms with E-state index in [9.17, 15) is 4.79 Å². The Kier molecular flexibility index (Phi) is 10.5. The molecule has 5 nitrogen and oxygen atoms in total. The molecule has 0 aliphatic rings. The second-order valence-corrected chi connectivity index (χ2v) is 9.62. The van der Waals surface area contributed by atoms with Crippen LogP contribution in [0.2, 0.25) is 0 Å². The van der Waals surface area contributed by atoms with Crippen molar-refractivity contribution in [3.05, 3.63) is 64.1 Å². The van der Waals surface area contributed by atoms with Crippen LogP contribution in [0.15, 0.2) is 62.9 Å². The Hall–Kier alpha value is -2.95. The van der Waals surface area contributed by atoms with Crippen molar-refractivity contribution in [1.82, 2.24) is 0 Å². The van der Waals surface area contributed by atoms with Crippen molar-refractivity contribution in [2.75, 3.05) is 13.2 Å². The molecule has 186 valence electrons. The summed E-state index contributed by atoms with van der Waals surface area (Å²) in [7, 11) is 0. The second-order valence-electron chi connectivity index (χ2n) is 9.62. The van der Waals surface area contributed by atoms with E-state index < -0.39 is 5.63 Å². The summed E-state index contributed by atoms with van der Waals surface area (Å²) in [4.78, 5) is 12.9. The SMILES string of the molecule is CC/C=C/CCOc1c(OC/C=C(\C)CCC=C(C)C)c(=O)oc2cc(OC(C)(C)C)ccc12. The van der Waals surface area contributed by atoms with Crippen molar-refractivity contribution < 1.29 is 18.6 Å². The lowest BCUT2D eigenvalue weighted by molar-refractivity contribution is 0.131. The molecule has 0 spiro atoms. The molecule has 5 heteroatoms. The Morgan fingerprint density at radius 3 is 2.44 bits per heavy atom. The molecule has 0 unspecified atom stereocenters. The highest BCUT2D eigenvalue weighted by Crippen LogP contribution is 2.35. The average Bonchev–Trinajstić information content (AvgIpc) is 2.73. The van der Waals surface area contributed by atoms with Crippen LogP contribution in [0.25, 0.3) is 11.0 Å². The van der Waals surface area contributed by atoms with Crippen LogP contribution in [0.4, 0.5) is 0 Å². The molecule has 0 atom stereocenters. The summed E-state index contributed by atoms with van der Waals surface area (Å²) in [6, 6.07) is 5.43. The van der Waals surface area contributed by atoms with Crippen LogP contribution in [0.1, 0.15) is 74.1 Å². The van der Waals surface area contributed by atoms with Crippen LogP contribution in [0, 0.1) is 0 Å². The van der Waals surface area contributed by atoms with E-state index in [4.69, 9.17) is 18.6 Å². The van der Waals surface area contributed by atoms with Gasteiger partial charge in [0.25, 0.3) is 0 Å². The molecule has 0 amide bonds. The number of rotatable bonds is 12. The third-order valence-electron chi connectivity index (χ3n) is 4.90. The molecule has 1 aromatic carbocycles. The monoisotopic (exact) mass is 468 g/mol. The van der Waals surface area contributed by atoms with Gasteiger partial charge < -0.3 is 18.6 Å². The van der Waals surface area contributed by atoms with Crippen molar-refractivity contribution in [1.29, 1.82) is 0 Å². The quantitative estimate of drug-likeness (QED) is 0.181. The fraction of sp³-hybridized carbons (Fsp3) is 0.483. The van der Waals surface area contributed by atoms with Gasteiger partial charge in [-0.2, -0.15) is 0 Å². The molecule has 0 saturated heterocycles. The Balaban J connectivity index is 2.31. The van der Waals surface area contributed by atoms with E-state index in [1.165, 1.54) is 11.1 Å². The summed E-state index contributed by atoms with van der Waals surface area (Å²) in [6.45, 7) is 15.0. The van der Waals surface area contributed by atoms with Gasteiger partial charge in [-0.3, -0.25) is 0 Å². The van der Waals surface area contributed by atoms with Crippen molar-refractivity contribution in [2.24, 2.45) is 0 Å². The summed E-state index contributed by atoms with van der Waals surface area (Å²) >= 11 is 0. The molecule has 0 radical (unpaired) electrons. The predicted octanol–water partition coefficient (Wildman–Crippen LogP) is 7.78. The number of benzene rings is 1. The molecule has 0 N–H and O–H groups in total. The standard InChI is InChI=1S/C29H40O5/c1-8-9-10-11-18-31-26-24-16-15-23(34-29(5,6)7)20-25(24)33-28(30)27(26)32-19-17-22(4)14-12-13-21(2)3/h9-10,13,15-17,20H,8,11-12,14,18-19H2,1-7H3/b10-9+,22-17+. The highest BCUT2D eigenvalue weighted by molar-refractivity contribution is 5.86. The molecule has 2 aromatic rings. The molecule has 34 heavy (non-hydrogen) atoms. The van der Waals surface area contributed by atoms with Gasteiger partial charge in [0, 0.05) is 6.07 Å². The molecule has 0 saturated carbocycles. The van der Waals surface area contributed by atoms with Crippen LogP contribution in [0.3, 0.4) is 0 Å². The first kappa shape index (κ1) is 27.3. The Morgan fingerprint density at radius 1 is 1.00 bits per heavy atom. The van der Waals surface area contributed by atoms with Crippen LogP contribution >= 0.6 is 0 Å². The highest BCUT2D eigenvalue weighted by atomic mass is 16.5. The lowest BCUT2D eigenvalue weighted by Crippen LogP contribution is -2.22. The summed E-state index contributed by atoms with van der Waals surface area (Å²) < 4.78 is 23.5. The van der Waals surface area contributed by atoms with E-state index in [1.807, 2.05) is 39.0 Å². The van der Waals surface area contributed by atoms with E-state index >= 15 is 0 Å². The summed E-state index contributed by atoms with van der Waals surface area (Å²) in [6.07, 6.45) is 12.0. The van der Waals surface area contributed by atoms with Crippen LogP contribution < -0.4 is 19.8 Å². The number of hydrogen-bond donors (Lipinski definition) is 0. The summed E-state index contributed by atoms with van der Waals surface area (Å²) in [5.41, 5.74) is 2.00. The van der Waals surface area contributed by atoms with Gasteiger partial charge >= 0.3 is 5.63 Å². The van der Waals surface area contributed by atoms with E-state index in [-0.39, 0.29) is 18.0 Å². The average molecular weight is 469 g/mol. The highest BCUT2D eigenvalue weighted by Gasteiger charge is 2.19. The van der Waals surface area contributed by atoms with E-state index in [2.05, 4.69) is 45.9 Å².